The van der Waals surface area contributed by atoms with E-state index >= 15 is 0 Å². The van der Waals surface area contributed by atoms with E-state index in [-0.39, 0.29) is 12.2 Å². The maximum Gasteiger partial charge on any atom is 0.251 e. The molecule has 5 heteroatoms. The second-order valence-corrected chi connectivity index (χ2v) is 4.08. The Morgan fingerprint density at radius 1 is 1.39 bits per heavy atom. The number of benzene rings is 1. The van der Waals surface area contributed by atoms with Crippen LogP contribution in [0.5, 0.6) is 0 Å². The lowest BCUT2D eigenvalue weighted by molar-refractivity contribution is -0.180. The maximum absolute atomic E-state index is 12.9. The van der Waals surface area contributed by atoms with Gasteiger partial charge in [-0.1, -0.05) is 6.07 Å². The third kappa shape index (κ3) is 3.78. The molecule has 0 bridgehead atoms. The minimum absolute atomic E-state index is 0.244. The molecule has 18 heavy (non-hydrogen) atoms. The second-order valence-electron chi connectivity index (χ2n) is 4.08. The Labute approximate surface area is 105 Å². The molecule has 1 fully saturated rings. The van der Waals surface area contributed by atoms with Crippen molar-refractivity contribution >= 4 is 5.91 Å². The van der Waals surface area contributed by atoms with Crippen LogP contribution in [0, 0.1) is 5.82 Å². The van der Waals surface area contributed by atoms with Crippen molar-refractivity contribution in [2.45, 2.75) is 19.1 Å². The standard InChI is InChI=1S/C13H16FNO3/c14-11-4-1-3-10(9-11)13(16)15-6-5-12-17-7-2-8-18-12/h1,3-4,9,12H,2,5-8H2,(H,15,16). The summed E-state index contributed by atoms with van der Waals surface area (Å²) in [6.45, 7) is 1.84. The molecular formula is C13H16FNO3. The number of carbonyl (C=O) groups excluding carboxylic acids is 1. The van der Waals surface area contributed by atoms with E-state index in [0.29, 0.717) is 31.7 Å². The molecule has 2 rings (SSSR count). The van der Waals surface area contributed by atoms with E-state index in [9.17, 15) is 9.18 Å². The van der Waals surface area contributed by atoms with Crippen LogP contribution in [0.4, 0.5) is 4.39 Å². The molecule has 0 atom stereocenters. The molecule has 4 nitrogen and oxygen atoms in total. The molecule has 1 aromatic rings. The molecule has 1 aliphatic heterocycles. The predicted octanol–water partition coefficient (Wildman–Crippen LogP) is 1.71. The van der Waals surface area contributed by atoms with Crippen molar-refractivity contribution < 1.29 is 18.7 Å². The molecule has 1 amide bonds. The van der Waals surface area contributed by atoms with Gasteiger partial charge in [-0.25, -0.2) is 4.39 Å². The average molecular weight is 253 g/mol. The molecule has 1 aromatic carbocycles. The van der Waals surface area contributed by atoms with Crippen LogP contribution in [0.25, 0.3) is 0 Å². The lowest BCUT2D eigenvalue weighted by Gasteiger charge is -2.23. The number of amides is 1. The average Bonchev–Trinajstić information content (AvgIpc) is 2.40. The van der Waals surface area contributed by atoms with Gasteiger partial charge < -0.3 is 14.8 Å². The zero-order chi connectivity index (χ0) is 12.8. The van der Waals surface area contributed by atoms with Gasteiger partial charge in [0.1, 0.15) is 5.82 Å². The second kappa shape index (κ2) is 6.47. The first-order valence-corrected chi connectivity index (χ1v) is 6.03. The molecule has 0 aromatic heterocycles. The first-order valence-electron chi connectivity index (χ1n) is 6.03. The summed E-state index contributed by atoms with van der Waals surface area (Å²) in [7, 11) is 0. The number of hydrogen-bond acceptors (Lipinski definition) is 3. The summed E-state index contributed by atoms with van der Waals surface area (Å²) in [5.74, 6) is -0.702. The number of ether oxygens (including phenoxy) is 2. The Kier molecular flexibility index (Phi) is 4.66. The van der Waals surface area contributed by atoms with E-state index in [1.165, 1.54) is 18.2 Å². The van der Waals surface area contributed by atoms with E-state index in [1.54, 1.807) is 6.07 Å². The van der Waals surface area contributed by atoms with Gasteiger partial charge in [-0.2, -0.15) is 0 Å². The normalized spacial score (nSPS) is 16.5. The molecule has 98 valence electrons. The molecule has 1 heterocycles. The van der Waals surface area contributed by atoms with Gasteiger partial charge in [0.25, 0.3) is 5.91 Å². The zero-order valence-corrected chi connectivity index (χ0v) is 10.0. The summed E-state index contributed by atoms with van der Waals surface area (Å²) in [4.78, 5) is 11.7. The van der Waals surface area contributed by atoms with Gasteiger partial charge in [-0.15, -0.1) is 0 Å². The highest BCUT2D eigenvalue weighted by atomic mass is 19.1. The van der Waals surface area contributed by atoms with Crippen LogP contribution in [0.15, 0.2) is 24.3 Å². The molecular weight excluding hydrogens is 237 g/mol. The van der Waals surface area contributed by atoms with Gasteiger partial charge in [-0.05, 0) is 24.6 Å². The lowest BCUT2D eigenvalue weighted by Crippen LogP contribution is -2.31. The molecule has 0 aliphatic carbocycles. The summed E-state index contributed by atoms with van der Waals surface area (Å²) >= 11 is 0. The third-order valence-corrected chi connectivity index (χ3v) is 2.65. The molecule has 0 saturated carbocycles. The number of rotatable bonds is 4. The van der Waals surface area contributed by atoms with Gasteiger partial charge in [0.2, 0.25) is 0 Å². The van der Waals surface area contributed by atoms with Gasteiger partial charge in [-0.3, -0.25) is 4.79 Å². The fourth-order valence-corrected chi connectivity index (χ4v) is 1.74. The van der Waals surface area contributed by atoms with Crippen LogP contribution in [0.1, 0.15) is 23.2 Å². The molecule has 1 aliphatic rings. The monoisotopic (exact) mass is 253 g/mol. The minimum atomic E-state index is -0.415. The van der Waals surface area contributed by atoms with Crippen molar-refractivity contribution in [3.8, 4) is 0 Å². The van der Waals surface area contributed by atoms with Crippen LogP contribution < -0.4 is 5.32 Å². The van der Waals surface area contributed by atoms with Gasteiger partial charge in [0.05, 0.1) is 13.2 Å². The van der Waals surface area contributed by atoms with Gasteiger partial charge in [0, 0.05) is 18.5 Å². The van der Waals surface area contributed by atoms with Crippen molar-refractivity contribution in [2.24, 2.45) is 0 Å². The first kappa shape index (κ1) is 13.0. The van der Waals surface area contributed by atoms with Crippen LogP contribution in [-0.2, 0) is 9.47 Å². The number of halogens is 1. The number of carbonyl (C=O) groups is 1. The van der Waals surface area contributed by atoms with Gasteiger partial charge >= 0.3 is 0 Å². The molecule has 1 N–H and O–H groups in total. The zero-order valence-electron chi connectivity index (χ0n) is 10.0. The minimum Gasteiger partial charge on any atom is -0.353 e. The highest BCUT2D eigenvalue weighted by molar-refractivity contribution is 5.94. The van der Waals surface area contributed by atoms with E-state index < -0.39 is 5.82 Å². The predicted molar refractivity (Wildman–Crippen MR) is 63.7 cm³/mol. The van der Waals surface area contributed by atoms with Gasteiger partial charge in [0.15, 0.2) is 6.29 Å². The maximum atomic E-state index is 12.9. The van der Waals surface area contributed by atoms with Crippen molar-refractivity contribution in [1.29, 1.82) is 0 Å². The van der Waals surface area contributed by atoms with Crippen molar-refractivity contribution in [3.05, 3.63) is 35.6 Å². The Bertz CT molecular complexity index is 405. The Balaban J connectivity index is 1.74. The van der Waals surface area contributed by atoms with E-state index in [0.717, 1.165) is 6.42 Å². The summed E-state index contributed by atoms with van der Waals surface area (Å²) in [6, 6.07) is 5.60. The SMILES string of the molecule is O=C(NCCC1OCCCO1)c1cccc(F)c1. The Morgan fingerprint density at radius 3 is 2.89 bits per heavy atom. The van der Waals surface area contributed by atoms with Crippen LogP contribution >= 0.6 is 0 Å². The highest BCUT2D eigenvalue weighted by Crippen LogP contribution is 2.08. The largest absolute Gasteiger partial charge is 0.353 e. The van der Waals surface area contributed by atoms with Crippen LogP contribution in [0.2, 0.25) is 0 Å². The summed E-state index contributed by atoms with van der Waals surface area (Å²) in [5, 5.41) is 2.71. The summed E-state index contributed by atoms with van der Waals surface area (Å²) in [5.41, 5.74) is 0.320. The van der Waals surface area contributed by atoms with Crippen molar-refractivity contribution in [1.82, 2.24) is 5.32 Å². The highest BCUT2D eigenvalue weighted by Gasteiger charge is 2.14. The summed E-state index contributed by atoms with van der Waals surface area (Å²) in [6.07, 6.45) is 1.26. The summed E-state index contributed by atoms with van der Waals surface area (Å²) < 4.78 is 23.6. The molecule has 0 spiro atoms. The molecule has 0 unspecified atom stereocenters. The lowest BCUT2D eigenvalue weighted by atomic mass is 10.2. The van der Waals surface area contributed by atoms with E-state index in [2.05, 4.69) is 5.32 Å². The van der Waals surface area contributed by atoms with E-state index in [1.807, 2.05) is 0 Å². The topological polar surface area (TPSA) is 47.6 Å². The third-order valence-electron chi connectivity index (χ3n) is 2.65. The fraction of sp³-hybridized carbons (Fsp3) is 0.462. The van der Waals surface area contributed by atoms with E-state index in [4.69, 9.17) is 9.47 Å². The van der Waals surface area contributed by atoms with Crippen LogP contribution in [-0.4, -0.2) is 32.0 Å². The van der Waals surface area contributed by atoms with Crippen molar-refractivity contribution in [3.63, 3.8) is 0 Å². The number of nitrogens with one attached hydrogen (secondary N) is 1. The van der Waals surface area contributed by atoms with Crippen molar-refractivity contribution in [2.75, 3.05) is 19.8 Å². The molecule has 0 radical (unpaired) electrons. The Morgan fingerprint density at radius 2 is 2.17 bits per heavy atom. The Hall–Kier alpha value is -1.46. The van der Waals surface area contributed by atoms with Crippen LogP contribution in [0.3, 0.4) is 0 Å². The smallest absolute Gasteiger partial charge is 0.251 e. The fourth-order valence-electron chi connectivity index (χ4n) is 1.74. The first-order chi connectivity index (χ1) is 8.75. The molecule has 1 saturated heterocycles. The number of hydrogen-bond donors (Lipinski definition) is 1. The quantitative estimate of drug-likeness (QED) is 0.888.